The van der Waals surface area contributed by atoms with E-state index in [1.54, 1.807) is 29.2 Å². The van der Waals surface area contributed by atoms with Crippen LogP contribution in [0.15, 0.2) is 64.1 Å². The highest BCUT2D eigenvalue weighted by Crippen LogP contribution is 2.31. The van der Waals surface area contributed by atoms with Gasteiger partial charge in [0.15, 0.2) is 5.76 Å². The number of carbonyl (C=O) groups excluding carboxylic acids is 2. The number of benzene rings is 2. The molecule has 1 heterocycles. The molecule has 0 spiro atoms. The lowest BCUT2D eigenvalue weighted by Crippen LogP contribution is -2.30. The molecule has 1 N–H and O–H groups in total. The van der Waals surface area contributed by atoms with Crippen LogP contribution in [0.25, 0.3) is 0 Å². The molecule has 0 aliphatic heterocycles. The van der Waals surface area contributed by atoms with Gasteiger partial charge in [-0.3, -0.25) is 9.59 Å². The van der Waals surface area contributed by atoms with Crippen LogP contribution >= 0.6 is 11.6 Å². The molecule has 164 valence electrons. The molecule has 0 radical (unpaired) electrons. The lowest BCUT2D eigenvalue weighted by atomic mass is 9.93. The fourth-order valence-corrected chi connectivity index (χ4v) is 4.20. The van der Waals surface area contributed by atoms with Crippen molar-refractivity contribution in [1.29, 1.82) is 0 Å². The molecule has 4 rings (SSSR count). The number of rotatable bonds is 5. The summed E-state index contributed by atoms with van der Waals surface area (Å²) in [6.07, 6.45) is 2.23. The van der Waals surface area contributed by atoms with Gasteiger partial charge >= 0.3 is 0 Å². The Balaban J connectivity index is 1.63. The smallest absolute Gasteiger partial charge is 0.294 e. The molecule has 7 heteroatoms. The molecule has 0 atom stereocenters. The van der Waals surface area contributed by atoms with Crippen molar-refractivity contribution >= 4 is 34.8 Å². The molecule has 32 heavy (non-hydrogen) atoms. The number of fused-ring (bicyclic) bond motifs is 1. The number of nitrogens with zero attached hydrogens (tertiary/aromatic N) is 2. The van der Waals surface area contributed by atoms with E-state index in [4.69, 9.17) is 16.0 Å². The number of anilines is 1. The average molecular weight is 450 g/mol. The quantitative estimate of drug-likeness (QED) is 0.531. The number of hydrogen-bond acceptors (Lipinski definition) is 4. The number of nitrogens with one attached hydrogen (secondary N) is 1. The predicted octanol–water partition coefficient (Wildman–Crippen LogP) is 5.38. The van der Waals surface area contributed by atoms with E-state index in [1.165, 1.54) is 0 Å². The molecule has 1 aliphatic rings. The van der Waals surface area contributed by atoms with Crippen molar-refractivity contribution in [3.05, 3.63) is 87.8 Å². The summed E-state index contributed by atoms with van der Waals surface area (Å²) in [5.41, 5.74) is 6.03. The minimum atomic E-state index is -0.381. The molecule has 3 aromatic rings. The first-order chi connectivity index (χ1) is 15.5. The van der Waals surface area contributed by atoms with E-state index in [-0.39, 0.29) is 11.8 Å². The molecule has 6 nitrogen and oxygen atoms in total. The van der Waals surface area contributed by atoms with Crippen molar-refractivity contribution < 1.29 is 14.0 Å². The van der Waals surface area contributed by atoms with Gasteiger partial charge in [0.05, 0.1) is 16.3 Å². The first-order valence-electron chi connectivity index (χ1n) is 10.6. The Morgan fingerprint density at radius 2 is 1.81 bits per heavy atom. The van der Waals surface area contributed by atoms with Gasteiger partial charge in [0.25, 0.3) is 11.8 Å². The van der Waals surface area contributed by atoms with Crippen molar-refractivity contribution in [2.45, 2.75) is 33.1 Å². The van der Waals surface area contributed by atoms with E-state index in [1.807, 2.05) is 44.2 Å². The second-order valence-corrected chi connectivity index (χ2v) is 7.98. The van der Waals surface area contributed by atoms with Gasteiger partial charge in [0.2, 0.25) is 0 Å². The largest absolute Gasteiger partial charge is 0.455 e. The Morgan fingerprint density at radius 3 is 2.53 bits per heavy atom. The van der Waals surface area contributed by atoms with Gasteiger partial charge in [-0.1, -0.05) is 41.9 Å². The summed E-state index contributed by atoms with van der Waals surface area (Å²) in [6.45, 7) is 4.31. The van der Waals surface area contributed by atoms with Crippen LogP contribution in [-0.4, -0.2) is 24.1 Å². The fraction of sp³-hybridized carbons (Fsp3) is 0.240. The lowest BCUT2D eigenvalue weighted by molar-refractivity contribution is 0.0949. The monoisotopic (exact) mass is 449 g/mol. The summed E-state index contributed by atoms with van der Waals surface area (Å²) in [6, 6.07) is 16.3. The number of para-hydroxylation sites is 1. The highest BCUT2D eigenvalue weighted by Gasteiger charge is 2.30. The minimum absolute atomic E-state index is 0.190. The van der Waals surface area contributed by atoms with E-state index in [2.05, 4.69) is 10.5 Å². The third-order valence-electron chi connectivity index (χ3n) is 5.56. The first-order valence-corrected chi connectivity index (χ1v) is 11.0. The SMILES string of the molecule is CCN(C(=O)c1oc2c(c1C)/C(=N/NC(=O)c1ccccc1Cl)CCC2)c1ccccc1. The van der Waals surface area contributed by atoms with E-state index in [9.17, 15) is 9.59 Å². The summed E-state index contributed by atoms with van der Waals surface area (Å²) in [7, 11) is 0. The zero-order chi connectivity index (χ0) is 22.7. The third-order valence-corrected chi connectivity index (χ3v) is 5.89. The predicted molar refractivity (Wildman–Crippen MR) is 126 cm³/mol. The number of furan rings is 1. The molecule has 1 aromatic heterocycles. The van der Waals surface area contributed by atoms with Crippen LogP contribution in [0.2, 0.25) is 5.02 Å². The molecule has 1 aliphatic carbocycles. The maximum Gasteiger partial charge on any atom is 0.294 e. The Bertz CT molecular complexity index is 1180. The van der Waals surface area contributed by atoms with Crippen molar-refractivity contribution in [3.63, 3.8) is 0 Å². The van der Waals surface area contributed by atoms with Crippen LogP contribution in [0.1, 0.15) is 57.6 Å². The highest BCUT2D eigenvalue weighted by molar-refractivity contribution is 6.33. The van der Waals surface area contributed by atoms with Gasteiger partial charge in [0, 0.05) is 29.8 Å². The van der Waals surface area contributed by atoms with Crippen LogP contribution in [-0.2, 0) is 6.42 Å². The van der Waals surface area contributed by atoms with Crippen LogP contribution in [0.4, 0.5) is 5.69 Å². The van der Waals surface area contributed by atoms with Gasteiger partial charge in [-0.25, -0.2) is 5.43 Å². The Morgan fingerprint density at radius 1 is 1.09 bits per heavy atom. The maximum atomic E-state index is 13.3. The van der Waals surface area contributed by atoms with E-state index in [0.29, 0.717) is 35.0 Å². The van der Waals surface area contributed by atoms with E-state index in [0.717, 1.165) is 35.4 Å². The van der Waals surface area contributed by atoms with E-state index >= 15 is 0 Å². The van der Waals surface area contributed by atoms with Crippen molar-refractivity contribution in [2.24, 2.45) is 5.10 Å². The first kappa shape index (κ1) is 21.8. The topological polar surface area (TPSA) is 74.9 Å². The van der Waals surface area contributed by atoms with Crippen LogP contribution in [0, 0.1) is 6.92 Å². The number of carbonyl (C=O) groups is 2. The maximum absolute atomic E-state index is 13.3. The summed E-state index contributed by atoms with van der Waals surface area (Å²) in [5, 5.41) is 4.74. The number of amides is 2. The molecule has 0 fully saturated rings. The minimum Gasteiger partial charge on any atom is -0.455 e. The molecule has 0 saturated carbocycles. The van der Waals surface area contributed by atoms with Gasteiger partial charge in [-0.05, 0) is 51.0 Å². The molecular weight excluding hydrogens is 426 g/mol. The number of aryl methyl sites for hydroxylation is 1. The van der Waals surface area contributed by atoms with Crippen LogP contribution in [0.3, 0.4) is 0 Å². The van der Waals surface area contributed by atoms with Gasteiger partial charge in [-0.15, -0.1) is 0 Å². The van der Waals surface area contributed by atoms with Gasteiger partial charge in [0.1, 0.15) is 5.76 Å². The molecule has 2 aromatic carbocycles. The molecule has 2 amide bonds. The van der Waals surface area contributed by atoms with E-state index < -0.39 is 0 Å². The third kappa shape index (κ3) is 4.18. The highest BCUT2D eigenvalue weighted by atomic mass is 35.5. The normalized spacial score (nSPS) is 14.2. The van der Waals surface area contributed by atoms with Crippen LogP contribution in [0.5, 0.6) is 0 Å². The molecular formula is C25H24ClN3O3. The van der Waals surface area contributed by atoms with Gasteiger partial charge < -0.3 is 9.32 Å². The summed E-state index contributed by atoms with van der Waals surface area (Å²) in [4.78, 5) is 27.5. The average Bonchev–Trinajstić information content (AvgIpc) is 3.16. The van der Waals surface area contributed by atoms with Crippen molar-refractivity contribution in [3.8, 4) is 0 Å². The fourth-order valence-electron chi connectivity index (χ4n) is 3.98. The molecule has 0 bridgehead atoms. The second kappa shape index (κ2) is 9.40. The summed E-state index contributed by atoms with van der Waals surface area (Å²) < 4.78 is 6.04. The standard InChI is InChI=1S/C25H24ClN3O3/c1-3-29(17-10-5-4-6-11-17)25(31)23-16(2)22-20(14-9-15-21(22)32-23)27-28-24(30)18-12-7-8-13-19(18)26/h4-8,10-13H,3,9,14-15H2,1-2H3,(H,28,30)/b27-20+. The summed E-state index contributed by atoms with van der Waals surface area (Å²) in [5.74, 6) is 0.471. The lowest BCUT2D eigenvalue weighted by Gasteiger charge is -2.20. The number of hydrazone groups is 1. The number of halogens is 1. The molecule has 0 unspecified atom stereocenters. The molecule has 0 saturated heterocycles. The Labute approximate surface area is 191 Å². The zero-order valence-corrected chi connectivity index (χ0v) is 18.8. The summed E-state index contributed by atoms with van der Waals surface area (Å²) >= 11 is 6.11. The van der Waals surface area contributed by atoms with Crippen molar-refractivity contribution in [1.82, 2.24) is 5.43 Å². The Kier molecular flexibility index (Phi) is 6.42. The second-order valence-electron chi connectivity index (χ2n) is 7.57. The van der Waals surface area contributed by atoms with Crippen LogP contribution < -0.4 is 10.3 Å². The zero-order valence-electron chi connectivity index (χ0n) is 18.0. The number of hydrogen-bond donors (Lipinski definition) is 1. The van der Waals surface area contributed by atoms with Crippen molar-refractivity contribution in [2.75, 3.05) is 11.4 Å². The van der Waals surface area contributed by atoms with Gasteiger partial charge in [-0.2, -0.15) is 5.10 Å². The Hall–Kier alpha value is -3.38.